The number of carbonyl (C=O) groups is 1. The number of hydrogen-bond acceptors (Lipinski definition) is 3. The molecule has 1 fully saturated rings. The Labute approximate surface area is 190 Å². The Kier molecular flexibility index (Phi) is 4.41. The van der Waals surface area contributed by atoms with Crippen molar-refractivity contribution in [2.75, 3.05) is 13.3 Å². The van der Waals surface area contributed by atoms with Gasteiger partial charge >= 0.3 is 0 Å². The first-order chi connectivity index (χ1) is 15.1. The highest BCUT2D eigenvalue weighted by molar-refractivity contribution is 6.35. The second-order valence-corrected chi connectivity index (χ2v) is 9.18. The van der Waals surface area contributed by atoms with Crippen LogP contribution in [0.4, 0.5) is 0 Å². The molecular weight excluding hydrogens is 433 g/mol. The summed E-state index contributed by atoms with van der Waals surface area (Å²) in [7, 11) is 0. The summed E-state index contributed by atoms with van der Waals surface area (Å²) in [6.07, 6.45) is 1.92. The van der Waals surface area contributed by atoms with Gasteiger partial charge in [0.1, 0.15) is 0 Å². The zero-order chi connectivity index (χ0) is 21.1. The predicted molar refractivity (Wildman–Crippen MR) is 120 cm³/mol. The Hall–Kier alpha value is -2.69. The van der Waals surface area contributed by atoms with E-state index in [-0.39, 0.29) is 18.7 Å². The number of hydrogen-bond donors (Lipinski definition) is 0. The molecular formula is C25H19Cl2NO3. The Bertz CT molecular complexity index is 1210. The number of piperidine rings is 1. The van der Waals surface area contributed by atoms with Crippen LogP contribution in [0.25, 0.3) is 11.1 Å². The number of halogens is 2. The van der Waals surface area contributed by atoms with Crippen LogP contribution in [-0.4, -0.2) is 24.1 Å². The topological polar surface area (TPSA) is 38.8 Å². The minimum absolute atomic E-state index is 0.0193. The zero-order valence-corrected chi connectivity index (χ0v) is 18.1. The molecule has 0 N–H and O–H groups in total. The van der Waals surface area contributed by atoms with Gasteiger partial charge in [0.25, 0.3) is 5.91 Å². The summed E-state index contributed by atoms with van der Waals surface area (Å²) in [6, 6.07) is 17.7. The first-order valence-electron chi connectivity index (χ1n) is 10.4. The lowest BCUT2D eigenvalue weighted by molar-refractivity contribution is 0.0620. The van der Waals surface area contributed by atoms with E-state index < -0.39 is 0 Å². The van der Waals surface area contributed by atoms with Gasteiger partial charge in [-0.2, -0.15) is 0 Å². The maximum atomic E-state index is 13.4. The Morgan fingerprint density at radius 1 is 0.871 bits per heavy atom. The van der Waals surface area contributed by atoms with Crippen LogP contribution >= 0.6 is 23.2 Å². The van der Waals surface area contributed by atoms with Crippen molar-refractivity contribution >= 4 is 29.1 Å². The highest BCUT2D eigenvalue weighted by atomic mass is 35.5. The first-order valence-corrected chi connectivity index (χ1v) is 11.1. The van der Waals surface area contributed by atoms with Crippen LogP contribution in [0.1, 0.15) is 46.3 Å². The molecule has 156 valence electrons. The van der Waals surface area contributed by atoms with Gasteiger partial charge in [-0.15, -0.1) is 0 Å². The van der Waals surface area contributed by atoms with E-state index in [1.807, 2.05) is 23.1 Å². The molecule has 2 aliphatic heterocycles. The Balaban J connectivity index is 1.36. The van der Waals surface area contributed by atoms with Gasteiger partial charge in [0.2, 0.25) is 6.79 Å². The maximum Gasteiger partial charge on any atom is 0.254 e. The van der Waals surface area contributed by atoms with E-state index in [1.54, 1.807) is 18.2 Å². The SMILES string of the molecule is O=C(c1cc(Cl)cc(Cl)c1)N1CCC2CC1c1cc(-c3ccc4c(c3)OCO4)ccc12. The lowest BCUT2D eigenvalue weighted by Crippen LogP contribution is -2.37. The summed E-state index contributed by atoms with van der Waals surface area (Å²) >= 11 is 12.3. The molecule has 4 nitrogen and oxygen atoms in total. The van der Waals surface area contributed by atoms with Crippen molar-refractivity contribution in [3.05, 3.63) is 81.3 Å². The average Bonchev–Trinajstić information content (AvgIpc) is 3.35. The predicted octanol–water partition coefficient (Wildman–Crippen LogP) is 6.46. The number of nitrogens with zero attached hydrogens (tertiary/aromatic N) is 1. The number of ether oxygens (including phenoxy) is 2. The average molecular weight is 452 g/mol. The molecule has 2 heterocycles. The molecule has 0 aromatic heterocycles. The molecule has 3 aromatic carbocycles. The molecule has 2 unspecified atom stereocenters. The molecule has 6 rings (SSSR count). The number of carbonyl (C=O) groups excluding carboxylic acids is 1. The van der Waals surface area contributed by atoms with Crippen molar-refractivity contribution in [3.8, 4) is 22.6 Å². The van der Waals surface area contributed by atoms with Gasteiger partial charge < -0.3 is 14.4 Å². The summed E-state index contributed by atoms with van der Waals surface area (Å²) in [6.45, 7) is 0.990. The normalized spacial score (nSPS) is 20.6. The number of fused-ring (bicyclic) bond motifs is 6. The fourth-order valence-corrected chi connectivity index (χ4v) is 5.65. The van der Waals surface area contributed by atoms with E-state index in [2.05, 4.69) is 18.2 Å². The third-order valence-corrected chi connectivity index (χ3v) is 7.00. The number of amides is 1. The molecule has 1 aliphatic carbocycles. The number of likely N-dealkylation sites (tertiary alicyclic amines) is 1. The zero-order valence-electron chi connectivity index (χ0n) is 16.6. The van der Waals surface area contributed by atoms with Gasteiger partial charge in [-0.3, -0.25) is 4.79 Å². The van der Waals surface area contributed by atoms with Crippen molar-refractivity contribution in [1.82, 2.24) is 4.90 Å². The van der Waals surface area contributed by atoms with Gasteiger partial charge in [0.15, 0.2) is 11.5 Å². The molecule has 0 saturated carbocycles. The van der Waals surface area contributed by atoms with Crippen LogP contribution in [0.15, 0.2) is 54.6 Å². The van der Waals surface area contributed by atoms with Crippen molar-refractivity contribution in [1.29, 1.82) is 0 Å². The van der Waals surface area contributed by atoms with Crippen LogP contribution in [0, 0.1) is 0 Å². The largest absolute Gasteiger partial charge is 0.454 e. The molecule has 31 heavy (non-hydrogen) atoms. The molecule has 1 amide bonds. The van der Waals surface area contributed by atoms with Crippen molar-refractivity contribution in [3.63, 3.8) is 0 Å². The highest BCUT2D eigenvalue weighted by Crippen LogP contribution is 2.50. The van der Waals surface area contributed by atoms with Gasteiger partial charge in [-0.05, 0) is 77.4 Å². The van der Waals surface area contributed by atoms with Crippen LogP contribution in [-0.2, 0) is 0 Å². The van der Waals surface area contributed by atoms with E-state index in [4.69, 9.17) is 32.7 Å². The van der Waals surface area contributed by atoms with Gasteiger partial charge in [-0.1, -0.05) is 41.4 Å². The first kappa shape index (κ1) is 19.0. The molecule has 0 spiro atoms. The lowest BCUT2D eigenvalue weighted by atomic mass is 9.94. The third-order valence-electron chi connectivity index (χ3n) is 6.56. The monoisotopic (exact) mass is 451 g/mol. The quantitative estimate of drug-likeness (QED) is 0.448. The second kappa shape index (κ2) is 7.18. The van der Waals surface area contributed by atoms with E-state index >= 15 is 0 Å². The van der Waals surface area contributed by atoms with Crippen LogP contribution in [0.3, 0.4) is 0 Å². The number of benzene rings is 3. The van der Waals surface area contributed by atoms with Crippen LogP contribution in [0.2, 0.25) is 10.0 Å². The highest BCUT2D eigenvalue weighted by Gasteiger charge is 2.41. The molecule has 1 saturated heterocycles. The molecule has 2 bridgehead atoms. The molecule has 6 heteroatoms. The Morgan fingerprint density at radius 2 is 1.61 bits per heavy atom. The standard InChI is InChI=1S/C25H19Cl2NO3/c26-18-7-17(8-19(27)12-18)25(29)28-6-5-16-10-22(28)21-9-14(1-3-20(16)21)15-2-4-23-24(11-15)31-13-30-23/h1-4,7-9,11-12,16,22H,5-6,10,13H2. The third kappa shape index (κ3) is 3.17. The smallest absolute Gasteiger partial charge is 0.254 e. The van der Waals surface area contributed by atoms with Gasteiger partial charge in [0.05, 0.1) is 6.04 Å². The molecule has 0 radical (unpaired) electrons. The fourth-order valence-electron chi connectivity index (χ4n) is 5.12. The van der Waals surface area contributed by atoms with Gasteiger partial charge in [0, 0.05) is 22.2 Å². The molecule has 2 atom stereocenters. The summed E-state index contributed by atoms with van der Waals surface area (Å²) in [4.78, 5) is 15.3. The Morgan fingerprint density at radius 3 is 2.45 bits per heavy atom. The minimum Gasteiger partial charge on any atom is -0.454 e. The van der Waals surface area contributed by atoms with Gasteiger partial charge in [-0.25, -0.2) is 0 Å². The van der Waals surface area contributed by atoms with Crippen molar-refractivity contribution in [2.24, 2.45) is 0 Å². The summed E-state index contributed by atoms with van der Waals surface area (Å²) < 4.78 is 11.0. The number of rotatable bonds is 2. The lowest BCUT2D eigenvalue weighted by Gasteiger charge is -2.34. The maximum absolute atomic E-state index is 13.4. The van der Waals surface area contributed by atoms with E-state index in [9.17, 15) is 4.79 Å². The molecule has 3 aliphatic rings. The summed E-state index contributed by atoms with van der Waals surface area (Å²) in [5.74, 6) is 2.02. The molecule has 3 aromatic rings. The van der Waals surface area contributed by atoms with Crippen LogP contribution in [0.5, 0.6) is 11.5 Å². The summed E-state index contributed by atoms with van der Waals surface area (Å²) in [5.41, 5.74) is 5.32. The summed E-state index contributed by atoms with van der Waals surface area (Å²) in [5, 5.41) is 0.949. The van der Waals surface area contributed by atoms with Crippen LogP contribution < -0.4 is 9.47 Å². The van der Waals surface area contributed by atoms with Crippen molar-refractivity contribution in [2.45, 2.75) is 24.8 Å². The minimum atomic E-state index is -0.0193. The second-order valence-electron chi connectivity index (χ2n) is 8.31. The van der Waals surface area contributed by atoms with Crippen molar-refractivity contribution < 1.29 is 14.3 Å². The van der Waals surface area contributed by atoms with E-state index in [0.29, 0.717) is 21.5 Å². The van der Waals surface area contributed by atoms with E-state index in [1.165, 1.54) is 11.1 Å². The van der Waals surface area contributed by atoms with E-state index in [0.717, 1.165) is 42.0 Å². The fraction of sp³-hybridized carbons (Fsp3) is 0.240.